The third-order valence-electron chi connectivity index (χ3n) is 3.63. The SMILES string of the molecule is Cc1cc2cc(C3CC3)ccc2n1C(=O)OC(C)(C)C. The largest absolute Gasteiger partial charge is 0.443 e. The van der Waals surface area contributed by atoms with E-state index in [1.165, 1.54) is 18.4 Å². The highest BCUT2D eigenvalue weighted by Crippen LogP contribution is 2.41. The van der Waals surface area contributed by atoms with Gasteiger partial charge in [0.25, 0.3) is 0 Å². The molecule has 0 radical (unpaired) electrons. The fourth-order valence-corrected chi connectivity index (χ4v) is 2.59. The minimum atomic E-state index is -0.478. The lowest BCUT2D eigenvalue weighted by Crippen LogP contribution is -2.27. The third kappa shape index (κ3) is 2.45. The molecule has 1 aromatic carbocycles. The molecular weight excluding hydrogens is 250 g/mol. The Kier molecular flexibility index (Phi) is 2.89. The normalized spacial score (nSPS) is 15.6. The van der Waals surface area contributed by atoms with Crippen molar-refractivity contribution in [1.29, 1.82) is 0 Å². The third-order valence-corrected chi connectivity index (χ3v) is 3.63. The van der Waals surface area contributed by atoms with Crippen molar-refractivity contribution in [1.82, 2.24) is 4.57 Å². The maximum absolute atomic E-state index is 12.3. The summed E-state index contributed by atoms with van der Waals surface area (Å²) in [6, 6.07) is 8.45. The van der Waals surface area contributed by atoms with Gasteiger partial charge in [-0.1, -0.05) is 6.07 Å². The van der Waals surface area contributed by atoms with E-state index in [-0.39, 0.29) is 6.09 Å². The van der Waals surface area contributed by atoms with Gasteiger partial charge >= 0.3 is 6.09 Å². The Hall–Kier alpha value is -1.77. The van der Waals surface area contributed by atoms with Gasteiger partial charge in [-0.25, -0.2) is 9.36 Å². The molecule has 1 fully saturated rings. The topological polar surface area (TPSA) is 31.2 Å². The summed E-state index contributed by atoms with van der Waals surface area (Å²) in [6.07, 6.45) is 2.28. The molecule has 1 heterocycles. The summed E-state index contributed by atoms with van der Waals surface area (Å²) < 4.78 is 7.15. The van der Waals surface area contributed by atoms with Crippen molar-refractivity contribution in [2.24, 2.45) is 0 Å². The van der Waals surface area contributed by atoms with Crippen LogP contribution in [0.1, 0.15) is 50.8 Å². The monoisotopic (exact) mass is 271 g/mol. The second kappa shape index (κ2) is 4.37. The van der Waals surface area contributed by atoms with E-state index in [2.05, 4.69) is 18.2 Å². The molecule has 3 heteroatoms. The maximum atomic E-state index is 12.3. The van der Waals surface area contributed by atoms with E-state index < -0.39 is 5.60 Å². The molecule has 0 unspecified atom stereocenters. The molecule has 3 rings (SSSR count). The van der Waals surface area contributed by atoms with Crippen LogP contribution in [0.2, 0.25) is 0 Å². The summed E-state index contributed by atoms with van der Waals surface area (Å²) in [5, 5.41) is 1.12. The van der Waals surface area contributed by atoms with Gasteiger partial charge in [-0.2, -0.15) is 0 Å². The van der Waals surface area contributed by atoms with E-state index >= 15 is 0 Å². The van der Waals surface area contributed by atoms with Crippen LogP contribution in [0, 0.1) is 6.92 Å². The summed E-state index contributed by atoms with van der Waals surface area (Å²) >= 11 is 0. The van der Waals surface area contributed by atoms with Crippen LogP contribution in [0.15, 0.2) is 24.3 Å². The fraction of sp³-hybridized carbons (Fsp3) is 0.471. The van der Waals surface area contributed by atoms with Crippen molar-refractivity contribution in [2.45, 2.75) is 52.1 Å². The first-order valence-corrected chi connectivity index (χ1v) is 7.20. The number of benzene rings is 1. The van der Waals surface area contributed by atoms with Crippen molar-refractivity contribution in [2.75, 3.05) is 0 Å². The molecule has 0 aliphatic heterocycles. The van der Waals surface area contributed by atoms with Gasteiger partial charge in [-0.15, -0.1) is 0 Å². The number of ether oxygens (including phenoxy) is 1. The number of aromatic nitrogens is 1. The van der Waals surface area contributed by atoms with Gasteiger partial charge < -0.3 is 4.74 Å². The first-order valence-electron chi connectivity index (χ1n) is 7.20. The highest BCUT2D eigenvalue weighted by atomic mass is 16.6. The molecule has 0 spiro atoms. The van der Waals surface area contributed by atoms with Crippen LogP contribution in [-0.4, -0.2) is 16.3 Å². The van der Waals surface area contributed by atoms with Crippen LogP contribution >= 0.6 is 0 Å². The Morgan fingerprint density at radius 2 is 1.95 bits per heavy atom. The fourth-order valence-electron chi connectivity index (χ4n) is 2.59. The quantitative estimate of drug-likeness (QED) is 0.758. The number of carbonyl (C=O) groups excluding carboxylic acids is 1. The summed E-state index contributed by atoms with van der Waals surface area (Å²) in [7, 11) is 0. The number of hydrogen-bond acceptors (Lipinski definition) is 2. The Morgan fingerprint density at radius 1 is 1.25 bits per heavy atom. The Morgan fingerprint density at radius 3 is 2.55 bits per heavy atom. The predicted octanol–water partition coefficient (Wildman–Crippen LogP) is 4.61. The van der Waals surface area contributed by atoms with E-state index in [4.69, 9.17) is 4.74 Å². The van der Waals surface area contributed by atoms with Crippen LogP contribution in [0.3, 0.4) is 0 Å². The molecular formula is C17H21NO2. The molecule has 1 aliphatic rings. The first kappa shape index (κ1) is 13.2. The molecule has 106 valence electrons. The van der Waals surface area contributed by atoms with Crippen LogP contribution in [0.25, 0.3) is 10.9 Å². The number of aryl methyl sites for hydroxylation is 1. The summed E-state index contributed by atoms with van der Waals surface area (Å²) in [5.41, 5.74) is 2.76. The van der Waals surface area contributed by atoms with Crippen molar-refractivity contribution in [3.05, 3.63) is 35.5 Å². The molecule has 20 heavy (non-hydrogen) atoms. The van der Waals surface area contributed by atoms with Gasteiger partial charge in [-0.3, -0.25) is 0 Å². The zero-order valence-electron chi connectivity index (χ0n) is 12.6. The molecule has 1 aromatic heterocycles. The van der Waals surface area contributed by atoms with Gasteiger partial charge in [0.15, 0.2) is 0 Å². The Labute approximate surface area is 119 Å². The Bertz CT molecular complexity index is 672. The zero-order valence-corrected chi connectivity index (χ0v) is 12.6. The lowest BCUT2D eigenvalue weighted by Gasteiger charge is -2.20. The van der Waals surface area contributed by atoms with Crippen molar-refractivity contribution < 1.29 is 9.53 Å². The van der Waals surface area contributed by atoms with Gasteiger partial charge in [-0.05, 0) is 70.2 Å². The summed E-state index contributed by atoms with van der Waals surface area (Å²) in [5.74, 6) is 0.726. The lowest BCUT2D eigenvalue weighted by atomic mass is 10.1. The second-order valence-corrected chi connectivity index (χ2v) is 6.69. The number of nitrogens with zero attached hydrogens (tertiary/aromatic N) is 1. The zero-order chi connectivity index (χ0) is 14.5. The van der Waals surface area contributed by atoms with Crippen LogP contribution in [-0.2, 0) is 4.74 Å². The molecule has 0 amide bonds. The van der Waals surface area contributed by atoms with Gasteiger partial charge in [0.1, 0.15) is 5.60 Å². The number of carbonyl (C=O) groups is 1. The second-order valence-electron chi connectivity index (χ2n) is 6.69. The minimum Gasteiger partial charge on any atom is -0.443 e. The predicted molar refractivity (Wildman–Crippen MR) is 80.3 cm³/mol. The summed E-state index contributed by atoms with van der Waals surface area (Å²) in [6.45, 7) is 7.60. The number of fused-ring (bicyclic) bond motifs is 1. The van der Waals surface area contributed by atoms with Crippen LogP contribution < -0.4 is 0 Å². The van der Waals surface area contributed by atoms with Crippen molar-refractivity contribution >= 4 is 17.0 Å². The molecule has 0 N–H and O–H groups in total. The molecule has 0 saturated heterocycles. The smallest absolute Gasteiger partial charge is 0.419 e. The Balaban J connectivity index is 2.02. The van der Waals surface area contributed by atoms with Crippen LogP contribution in [0.5, 0.6) is 0 Å². The molecule has 3 nitrogen and oxygen atoms in total. The number of hydrogen-bond donors (Lipinski definition) is 0. The first-order chi connectivity index (χ1) is 9.35. The highest BCUT2D eigenvalue weighted by Gasteiger charge is 2.25. The lowest BCUT2D eigenvalue weighted by molar-refractivity contribution is 0.0542. The van der Waals surface area contributed by atoms with Gasteiger partial charge in [0.05, 0.1) is 5.52 Å². The van der Waals surface area contributed by atoms with E-state index in [9.17, 15) is 4.79 Å². The average molecular weight is 271 g/mol. The van der Waals surface area contributed by atoms with Crippen molar-refractivity contribution in [3.8, 4) is 0 Å². The van der Waals surface area contributed by atoms with E-state index in [1.54, 1.807) is 4.57 Å². The highest BCUT2D eigenvalue weighted by molar-refractivity contribution is 5.91. The molecule has 0 bridgehead atoms. The molecule has 0 atom stereocenters. The maximum Gasteiger partial charge on any atom is 0.419 e. The van der Waals surface area contributed by atoms with E-state index in [0.29, 0.717) is 0 Å². The summed E-state index contributed by atoms with van der Waals surface area (Å²) in [4.78, 5) is 12.3. The minimum absolute atomic E-state index is 0.302. The average Bonchev–Trinajstić information content (AvgIpc) is 3.08. The molecule has 1 aliphatic carbocycles. The standard InChI is InChI=1S/C17H21NO2/c1-11-9-14-10-13(12-5-6-12)7-8-15(14)18(11)16(19)20-17(2,3)4/h7-10,12H,5-6H2,1-4H3. The van der Waals surface area contributed by atoms with Crippen LogP contribution in [0.4, 0.5) is 4.79 Å². The van der Waals surface area contributed by atoms with Gasteiger partial charge in [0.2, 0.25) is 0 Å². The molecule has 2 aromatic rings. The number of rotatable bonds is 1. The van der Waals surface area contributed by atoms with Gasteiger partial charge in [0, 0.05) is 11.1 Å². The van der Waals surface area contributed by atoms with Crippen molar-refractivity contribution in [3.63, 3.8) is 0 Å². The van der Waals surface area contributed by atoms with E-state index in [0.717, 1.165) is 22.5 Å². The molecule has 1 saturated carbocycles. The van der Waals surface area contributed by atoms with E-state index in [1.807, 2.05) is 33.8 Å².